The van der Waals surface area contributed by atoms with E-state index in [1.165, 1.54) is 0 Å². The molecule has 0 saturated carbocycles. The Morgan fingerprint density at radius 2 is 1.82 bits per heavy atom. The maximum absolute atomic E-state index is 13.6. The number of aromatic nitrogens is 2. The molecule has 0 spiro atoms. The number of pyridine rings is 1. The van der Waals surface area contributed by atoms with E-state index < -0.39 is 0 Å². The van der Waals surface area contributed by atoms with E-state index >= 15 is 0 Å². The van der Waals surface area contributed by atoms with Crippen LogP contribution in [-0.2, 0) is 4.74 Å². The fourth-order valence-corrected chi connectivity index (χ4v) is 5.14. The Morgan fingerprint density at radius 1 is 1.06 bits per heavy atom. The van der Waals surface area contributed by atoms with Crippen molar-refractivity contribution < 1.29 is 18.8 Å². The van der Waals surface area contributed by atoms with Crippen LogP contribution in [-0.4, -0.2) is 53.2 Å². The van der Waals surface area contributed by atoms with Gasteiger partial charge in [-0.15, -0.1) is 11.3 Å². The molecule has 0 bridgehead atoms. The molecule has 0 radical (unpaired) electrons. The van der Waals surface area contributed by atoms with Gasteiger partial charge < -0.3 is 19.5 Å². The lowest BCUT2D eigenvalue weighted by atomic mass is 10.0. The minimum atomic E-state index is -0.355. The van der Waals surface area contributed by atoms with Gasteiger partial charge in [-0.05, 0) is 45.0 Å². The number of aryl methyl sites for hydroxylation is 3. The summed E-state index contributed by atoms with van der Waals surface area (Å²) in [7, 11) is 0. The zero-order valence-electron chi connectivity index (χ0n) is 19.2. The van der Waals surface area contributed by atoms with E-state index in [9.17, 15) is 9.59 Å². The monoisotopic (exact) mass is 476 g/mol. The molecule has 4 heterocycles. The Bertz CT molecular complexity index is 1400. The topological polar surface area (TPSA) is 97.6 Å². The molecule has 174 valence electrons. The summed E-state index contributed by atoms with van der Waals surface area (Å²) in [5.74, 6) is -0.489. The molecule has 1 saturated heterocycles. The number of nitrogens with zero attached hydrogens (tertiary/aromatic N) is 3. The third-order valence-corrected chi connectivity index (χ3v) is 6.85. The van der Waals surface area contributed by atoms with Crippen LogP contribution < -0.4 is 5.32 Å². The van der Waals surface area contributed by atoms with E-state index in [4.69, 9.17) is 9.26 Å². The molecular weight excluding hydrogens is 452 g/mol. The summed E-state index contributed by atoms with van der Waals surface area (Å²) in [6.45, 7) is 7.90. The molecule has 3 aromatic heterocycles. The van der Waals surface area contributed by atoms with Gasteiger partial charge in [-0.2, -0.15) is 0 Å². The average Bonchev–Trinajstić information content (AvgIpc) is 3.39. The summed E-state index contributed by atoms with van der Waals surface area (Å²) in [5, 5.41) is 7.53. The van der Waals surface area contributed by atoms with E-state index in [1.54, 1.807) is 53.5 Å². The van der Waals surface area contributed by atoms with Crippen molar-refractivity contribution in [1.82, 2.24) is 15.0 Å². The number of thiophene rings is 1. The quantitative estimate of drug-likeness (QED) is 0.462. The Labute approximate surface area is 200 Å². The molecule has 5 rings (SSSR count). The lowest BCUT2D eigenvalue weighted by Gasteiger charge is -2.27. The number of ether oxygens (including phenoxy) is 1. The number of rotatable bonds is 4. The van der Waals surface area contributed by atoms with Crippen LogP contribution in [0.15, 0.2) is 40.9 Å². The van der Waals surface area contributed by atoms with Gasteiger partial charge in [0.25, 0.3) is 17.5 Å². The van der Waals surface area contributed by atoms with Gasteiger partial charge in [0.1, 0.15) is 0 Å². The maximum atomic E-state index is 13.6. The molecule has 0 atom stereocenters. The van der Waals surface area contributed by atoms with Gasteiger partial charge in [0.15, 0.2) is 0 Å². The summed E-state index contributed by atoms with van der Waals surface area (Å²) < 4.78 is 10.8. The summed E-state index contributed by atoms with van der Waals surface area (Å²) >= 11 is 1.67. The van der Waals surface area contributed by atoms with E-state index in [-0.39, 0.29) is 11.8 Å². The van der Waals surface area contributed by atoms with Crippen LogP contribution in [0.4, 0.5) is 5.69 Å². The first kappa shape index (κ1) is 22.2. The van der Waals surface area contributed by atoms with Crippen LogP contribution in [0.25, 0.3) is 22.4 Å². The highest BCUT2D eigenvalue weighted by Gasteiger charge is 2.24. The Balaban J connectivity index is 1.53. The Kier molecular flexibility index (Phi) is 5.89. The summed E-state index contributed by atoms with van der Waals surface area (Å²) in [4.78, 5) is 35.3. The van der Waals surface area contributed by atoms with Crippen molar-refractivity contribution in [2.24, 2.45) is 0 Å². The normalized spacial score (nSPS) is 13.9. The lowest BCUT2D eigenvalue weighted by molar-refractivity contribution is 0.0303. The number of hydrogen-bond donors (Lipinski definition) is 1. The third-order valence-electron chi connectivity index (χ3n) is 5.88. The van der Waals surface area contributed by atoms with Crippen LogP contribution in [0.2, 0.25) is 0 Å². The number of fused-ring (bicyclic) bond motifs is 1. The number of hydrogen-bond acceptors (Lipinski definition) is 7. The summed E-state index contributed by atoms with van der Waals surface area (Å²) in [6, 6.07) is 10.9. The van der Waals surface area contributed by atoms with Gasteiger partial charge in [0, 0.05) is 28.4 Å². The van der Waals surface area contributed by atoms with Crippen molar-refractivity contribution in [3.63, 3.8) is 0 Å². The zero-order valence-corrected chi connectivity index (χ0v) is 20.0. The molecule has 4 aromatic rings. The minimum Gasteiger partial charge on any atom is -0.378 e. The molecule has 34 heavy (non-hydrogen) atoms. The second-order valence-corrected chi connectivity index (χ2v) is 9.69. The molecule has 1 aromatic carbocycles. The van der Waals surface area contributed by atoms with Crippen molar-refractivity contribution >= 4 is 39.9 Å². The van der Waals surface area contributed by atoms with Gasteiger partial charge >= 0.3 is 0 Å². The van der Waals surface area contributed by atoms with E-state index in [1.807, 2.05) is 13.8 Å². The molecular formula is C25H24N4O4S. The molecule has 1 aliphatic rings. The van der Waals surface area contributed by atoms with Gasteiger partial charge in [-0.25, -0.2) is 4.98 Å². The highest BCUT2D eigenvalue weighted by atomic mass is 32.1. The van der Waals surface area contributed by atoms with E-state index in [0.717, 1.165) is 15.3 Å². The molecule has 9 heteroatoms. The second kappa shape index (κ2) is 9.00. The molecule has 8 nitrogen and oxygen atoms in total. The van der Waals surface area contributed by atoms with Crippen molar-refractivity contribution in [1.29, 1.82) is 0 Å². The number of anilines is 1. The number of para-hydroxylation sites is 1. The van der Waals surface area contributed by atoms with E-state index in [2.05, 4.69) is 21.5 Å². The van der Waals surface area contributed by atoms with Crippen molar-refractivity contribution in [3.8, 4) is 11.3 Å². The highest BCUT2D eigenvalue weighted by Crippen LogP contribution is 2.33. The SMILES string of the molecule is Cc1cc(-c2cc(C(=O)Nc3ccccc3C(=O)N3CCOCC3)c3c(C)noc3n2)c(C)s1. The molecule has 1 fully saturated rings. The molecule has 2 amide bonds. The zero-order chi connectivity index (χ0) is 23.8. The van der Waals surface area contributed by atoms with Crippen LogP contribution in [0.3, 0.4) is 0 Å². The molecule has 0 unspecified atom stereocenters. The summed E-state index contributed by atoms with van der Waals surface area (Å²) in [5.41, 5.74) is 3.78. The second-order valence-electron chi connectivity index (χ2n) is 8.23. The first-order valence-corrected chi connectivity index (χ1v) is 11.9. The fourth-order valence-electron chi connectivity index (χ4n) is 4.20. The molecule has 1 aliphatic heterocycles. The third kappa shape index (κ3) is 4.08. The molecule has 0 aliphatic carbocycles. The van der Waals surface area contributed by atoms with Crippen LogP contribution in [0, 0.1) is 20.8 Å². The van der Waals surface area contributed by atoms with Crippen molar-refractivity contribution in [2.45, 2.75) is 20.8 Å². The summed E-state index contributed by atoms with van der Waals surface area (Å²) in [6.07, 6.45) is 0. The number of morpholine rings is 1. The Morgan fingerprint density at radius 3 is 2.56 bits per heavy atom. The van der Waals surface area contributed by atoms with Gasteiger partial charge in [-0.1, -0.05) is 17.3 Å². The van der Waals surface area contributed by atoms with E-state index in [0.29, 0.717) is 65.6 Å². The standard InChI is InChI=1S/C25H24N4O4S/c1-14-12-18(16(3)34-14)21-13-19(22-15(2)28-33-24(22)27-21)23(30)26-20-7-5-4-6-17(20)25(31)29-8-10-32-11-9-29/h4-7,12-13H,8-11H2,1-3H3,(H,26,30). The van der Waals surface area contributed by atoms with Gasteiger partial charge in [0.2, 0.25) is 0 Å². The van der Waals surface area contributed by atoms with Gasteiger partial charge in [-0.3, -0.25) is 9.59 Å². The number of benzene rings is 1. The van der Waals surface area contributed by atoms with Crippen LogP contribution >= 0.6 is 11.3 Å². The lowest BCUT2D eigenvalue weighted by Crippen LogP contribution is -2.41. The van der Waals surface area contributed by atoms with Gasteiger partial charge in [0.05, 0.1) is 46.8 Å². The van der Waals surface area contributed by atoms with Crippen LogP contribution in [0.5, 0.6) is 0 Å². The number of carbonyl (C=O) groups excluding carboxylic acids is 2. The number of nitrogens with one attached hydrogen (secondary N) is 1. The highest BCUT2D eigenvalue weighted by molar-refractivity contribution is 7.12. The first-order valence-electron chi connectivity index (χ1n) is 11.0. The maximum Gasteiger partial charge on any atom is 0.259 e. The van der Waals surface area contributed by atoms with Crippen LogP contribution in [0.1, 0.15) is 36.2 Å². The number of amides is 2. The minimum absolute atomic E-state index is 0.134. The molecule has 1 N–H and O–H groups in total. The van der Waals surface area contributed by atoms with Crippen molar-refractivity contribution in [2.75, 3.05) is 31.6 Å². The smallest absolute Gasteiger partial charge is 0.259 e. The predicted molar refractivity (Wildman–Crippen MR) is 130 cm³/mol. The predicted octanol–water partition coefficient (Wildman–Crippen LogP) is 4.60. The fraction of sp³-hybridized carbons (Fsp3) is 0.280. The average molecular weight is 477 g/mol. The largest absolute Gasteiger partial charge is 0.378 e. The Hall–Kier alpha value is -3.56. The first-order chi connectivity index (χ1) is 16.4. The van der Waals surface area contributed by atoms with Crippen molar-refractivity contribution in [3.05, 3.63) is 63.0 Å². The number of carbonyl (C=O) groups is 2.